The van der Waals surface area contributed by atoms with Crippen LogP contribution in [0.1, 0.15) is 47.3 Å². The Labute approximate surface area is 121 Å². The molecule has 0 saturated heterocycles. The molecule has 19 heavy (non-hydrogen) atoms. The number of amides is 1. The van der Waals surface area contributed by atoms with Crippen LogP contribution in [-0.2, 0) is 0 Å². The summed E-state index contributed by atoms with van der Waals surface area (Å²) in [4.78, 5) is 14.6. The Morgan fingerprint density at radius 3 is 2.16 bits per heavy atom. The molecule has 0 heterocycles. The minimum Gasteiger partial charge on any atom is -0.336 e. The molecule has 0 fully saturated rings. The Kier molecular flexibility index (Phi) is 5.86. The first-order chi connectivity index (χ1) is 8.88. The summed E-state index contributed by atoms with van der Waals surface area (Å²) >= 11 is 5.75. The van der Waals surface area contributed by atoms with Crippen molar-refractivity contribution in [1.29, 1.82) is 0 Å². The van der Waals surface area contributed by atoms with Gasteiger partial charge in [0.25, 0.3) is 5.91 Å². The molecule has 0 aliphatic rings. The largest absolute Gasteiger partial charge is 0.336 e. The molecule has 0 unspecified atom stereocenters. The highest BCUT2D eigenvalue weighted by Crippen LogP contribution is 2.19. The molecule has 0 aliphatic heterocycles. The highest BCUT2D eigenvalue weighted by molar-refractivity contribution is 6.17. The number of halogens is 1. The molecule has 1 aromatic rings. The summed E-state index contributed by atoms with van der Waals surface area (Å²) in [6, 6.07) is 4.33. The molecule has 0 aliphatic carbocycles. The molecule has 0 aromatic heterocycles. The fraction of sp³-hybridized carbons (Fsp3) is 0.562. The maximum absolute atomic E-state index is 12.7. The Bertz CT molecular complexity index is 431. The van der Waals surface area contributed by atoms with Gasteiger partial charge in [0, 0.05) is 24.0 Å². The van der Waals surface area contributed by atoms with Crippen LogP contribution in [0.3, 0.4) is 0 Å². The van der Waals surface area contributed by atoms with Gasteiger partial charge in [0.05, 0.1) is 0 Å². The van der Waals surface area contributed by atoms with Crippen LogP contribution in [0.2, 0.25) is 0 Å². The molecule has 0 radical (unpaired) electrons. The van der Waals surface area contributed by atoms with E-state index in [4.69, 9.17) is 11.6 Å². The van der Waals surface area contributed by atoms with Gasteiger partial charge in [0.1, 0.15) is 0 Å². The second-order valence-corrected chi connectivity index (χ2v) is 5.79. The summed E-state index contributed by atoms with van der Waals surface area (Å²) in [5, 5.41) is 0. The minimum atomic E-state index is 0.120. The predicted molar refractivity (Wildman–Crippen MR) is 82.2 cm³/mol. The fourth-order valence-corrected chi connectivity index (χ4v) is 2.60. The topological polar surface area (TPSA) is 20.3 Å². The first kappa shape index (κ1) is 16.0. The summed E-state index contributed by atoms with van der Waals surface area (Å²) in [5.41, 5.74) is 4.15. The zero-order chi connectivity index (χ0) is 14.6. The van der Waals surface area contributed by atoms with Crippen LogP contribution in [0.5, 0.6) is 0 Å². The normalized spacial score (nSPS) is 10.9. The number of nitrogens with zero attached hydrogens (tertiary/aromatic N) is 1. The Hall–Kier alpha value is -1.02. The number of carbonyl (C=O) groups excluding carboxylic acids is 1. The zero-order valence-electron chi connectivity index (χ0n) is 12.6. The summed E-state index contributed by atoms with van der Waals surface area (Å²) in [5.74, 6) is 0.706. The van der Waals surface area contributed by atoms with Gasteiger partial charge < -0.3 is 4.90 Å². The van der Waals surface area contributed by atoms with E-state index < -0.39 is 0 Å². The van der Waals surface area contributed by atoms with E-state index in [-0.39, 0.29) is 11.9 Å². The number of aryl methyl sites for hydroxylation is 3. The molecule has 0 bridgehead atoms. The molecule has 3 heteroatoms. The Morgan fingerprint density at radius 2 is 1.74 bits per heavy atom. The van der Waals surface area contributed by atoms with Crippen molar-refractivity contribution in [2.24, 2.45) is 0 Å². The second kappa shape index (κ2) is 6.95. The van der Waals surface area contributed by atoms with Gasteiger partial charge in [-0.1, -0.05) is 17.7 Å². The average molecular weight is 282 g/mol. The van der Waals surface area contributed by atoms with Crippen molar-refractivity contribution in [1.82, 2.24) is 4.90 Å². The molecule has 0 atom stereocenters. The average Bonchev–Trinajstić information content (AvgIpc) is 2.27. The second-order valence-electron chi connectivity index (χ2n) is 5.41. The van der Waals surface area contributed by atoms with Crippen LogP contribution < -0.4 is 0 Å². The van der Waals surface area contributed by atoms with E-state index in [1.165, 1.54) is 5.56 Å². The van der Waals surface area contributed by atoms with Crippen LogP contribution in [0, 0.1) is 20.8 Å². The van der Waals surface area contributed by atoms with Crippen LogP contribution in [0.25, 0.3) is 0 Å². The van der Waals surface area contributed by atoms with Crippen LogP contribution >= 0.6 is 11.6 Å². The van der Waals surface area contributed by atoms with E-state index in [1.807, 2.05) is 32.6 Å². The highest BCUT2D eigenvalue weighted by Gasteiger charge is 2.21. The number of benzene rings is 1. The van der Waals surface area contributed by atoms with Crippen LogP contribution in [0.15, 0.2) is 12.1 Å². The van der Waals surface area contributed by atoms with E-state index >= 15 is 0 Å². The number of carbonyl (C=O) groups is 1. The van der Waals surface area contributed by atoms with E-state index in [1.54, 1.807) is 0 Å². The molecule has 106 valence electrons. The van der Waals surface area contributed by atoms with E-state index in [2.05, 4.69) is 19.1 Å². The zero-order valence-corrected chi connectivity index (χ0v) is 13.3. The molecule has 0 N–H and O–H groups in total. The van der Waals surface area contributed by atoms with Crippen molar-refractivity contribution in [3.63, 3.8) is 0 Å². The smallest absolute Gasteiger partial charge is 0.254 e. The van der Waals surface area contributed by atoms with Crippen molar-refractivity contribution in [3.8, 4) is 0 Å². The van der Waals surface area contributed by atoms with Crippen LogP contribution in [0.4, 0.5) is 0 Å². The Balaban J connectivity index is 3.09. The highest BCUT2D eigenvalue weighted by atomic mass is 35.5. The maximum atomic E-state index is 12.7. The van der Waals surface area contributed by atoms with Gasteiger partial charge in [0.15, 0.2) is 0 Å². The maximum Gasteiger partial charge on any atom is 0.254 e. The van der Waals surface area contributed by atoms with Crippen molar-refractivity contribution in [2.75, 3.05) is 12.4 Å². The molecule has 0 spiro atoms. The molecule has 2 nitrogen and oxygen atoms in total. The molecule has 1 rings (SSSR count). The third-order valence-corrected chi connectivity index (χ3v) is 3.58. The predicted octanol–water partition coefficient (Wildman–Crippen LogP) is 4.09. The number of rotatable bonds is 5. The first-order valence-electron chi connectivity index (χ1n) is 6.83. The summed E-state index contributed by atoms with van der Waals surface area (Å²) in [6.07, 6.45) is 0.829. The lowest BCUT2D eigenvalue weighted by Crippen LogP contribution is -2.38. The summed E-state index contributed by atoms with van der Waals surface area (Å²) in [6.45, 7) is 10.9. The molecule has 0 saturated carbocycles. The quantitative estimate of drug-likeness (QED) is 0.745. The number of alkyl halides is 1. The summed E-state index contributed by atoms with van der Waals surface area (Å²) in [7, 11) is 0. The van der Waals surface area contributed by atoms with Gasteiger partial charge in [-0.2, -0.15) is 0 Å². The molecule has 1 aromatic carbocycles. The van der Waals surface area contributed by atoms with Crippen molar-refractivity contribution < 1.29 is 4.79 Å². The monoisotopic (exact) mass is 281 g/mol. The third-order valence-electron chi connectivity index (χ3n) is 3.31. The third kappa shape index (κ3) is 3.97. The van der Waals surface area contributed by atoms with E-state index in [9.17, 15) is 4.79 Å². The fourth-order valence-electron chi connectivity index (χ4n) is 2.49. The molecular weight excluding hydrogens is 258 g/mol. The lowest BCUT2D eigenvalue weighted by molar-refractivity contribution is 0.0705. The first-order valence-corrected chi connectivity index (χ1v) is 7.36. The van der Waals surface area contributed by atoms with Crippen molar-refractivity contribution >= 4 is 17.5 Å². The lowest BCUT2D eigenvalue weighted by atomic mass is 9.98. The van der Waals surface area contributed by atoms with E-state index in [0.29, 0.717) is 12.4 Å². The Morgan fingerprint density at radius 1 is 1.21 bits per heavy atom. The van der Waals surface area contributed by atoms with Gasteiger partial charge in [-0.05, 0) is 52.2 Å². The van der Waals surface area contributed by atoms with Crippen molar-refractivity contribution in [3.05, 3.63) is 34.4 Å². The van der Waals surface area contributed by atoms with Gasteiger partial charge in [-0.3, -0.25) is 4.79 Å². The lowest BCUT2D eigenvalue weighted by Gasteiger charge is -2.28. The molecule has 1 amide bonds. The van der Waals surface area contributed by atoms with Gasteiger partial charge in [0.2, 0.25) is 0 Å². The van der Waals surface area contributed by atoms with Gasteiger partial charge in [-0.25, -0.2) is 0 Å². The summed E-state index contributed by atoms with van der Waals surface area (Å²) < 4.78 is 0. The van der Waals surface area contributed by atoms with E-state index in [0.717, 1.165) is 23.1 Å². The SMILES string of the molecule is Cc1cc(C)c(C(=O)N(CCCCl)C(C)C)c(C)c1. The van der Waals surface area contributed by atoms with Gasteiger partial charge in [-0.15, -0.1) is 11.6 Å². The minimum absolute atomic E-state index is 0.120. The van der Waals surface area contributed by atoms with Gasteiger partial charge >= 0.3 is 0 Å². The number of hydrogen-bond acceptors (Lipinski definition) is 1. The van der Waals surface area contributed by atoms with Crippen LogP contribution in [-0.4, -0.2) is 29.3 Å². The number of hydrogen-bond donors (Lipinski definition) is 0. The van der Waals surface area contributed by atoms with Crippen molar-refractivity contribution in [2.45, 2.75) is 47.1 Å². The standard InChI is InChI=1S/C16H24ClNO/c1-11(2)18(8-6-7-17)16(19)15-13(4)9-12(3)10-14(15)5/h9-11H,6-8H2,1-5H3. The molecular formula is C16H24ClNO.